The van der Waals surface area contributed by atoms with Gasteiger partial charge in [-0.05, 0) is 46.2 Å². The van der Waals surface area contributed by atoms with Crippen molar-refractivity contribution in [2.75, 3.05) is 7.11 Å². The highest BCUT2D eigenvalue weighted by atomic mass is 16.5. The Morgan fingerprint density at radius 2 is 1.63 bits per heavy atom. The Morgan fingerprint density at radius 1 is 0.963 bits per heavy atom. The predicted octanol–water partition coefficient (Wildman–Crippen LogP) is 5.16. The van der Waals surface area contributed by atoms with Gasteiger partial charge < -0.3 is 18.8 Å². The molecule has 0 bridgehead atoms. The maximum atomic E-state index is 13.3. The minimum atomic E-state index is -0.142. The first kappa shape index (κ1) is 21.1. The smallest absolute Gasteiger partial charge is 0.297 e. The van der Waals surface area contributed by atoms with Crippen LogP contribution in [-0.4, -0.2) is 23.9 Å². The van der Waals surface area contributed by atoms with E-state index in [-0.39, 0.29) is 17.8 Å². The number of aromatic nitrogens is 1. The van der Waals surface area contributed by atoms with E-state index in [0.29, 0.717) is 18.0 Å². The summed E-state index contributed by atoms with van der Waals surface area (Å²) in [4.78, 5) is 13.3. The number of benzene rings is 1. The number of hydrogen-bond acceptors (Lipinski definition) is 4. The Labute approximate surface area is 162 Å². The SMILES string of the molecule is CCCCCCn1c(=O)c(OC(C)C)c(OC(C)C)c2ccc(OC)cc21. The van der Waals surface area contributed by atoms with Gasteiger partial charge in [-0.15, -0.1) is 0 Å². The summed E-state index contributed by atoms with van der Waals surface area (Å²) < 4.78 is 19.1. The molecule has 0 radical (unpaired) electrons. The van der Waals surface area contributed by atoms with Gasteiger partial charge in [0.25, 0.3) is 5.56 Å². The quantitative estimate of drug-likeness (QED) is 0.538. The van der Waals surface area contributed by atoms with Crippen LogP contribution in [0.25, 0.3) is 10.9 Å². The second-order valence-corrected chi connectivity index (χ2v) is 7.39. The Morgan fingerprint density at radius 3 is 2.22 bits per heavy atom. The lowest BCUT2D eigenvalue weighted by Crippen LogP contribution is -2.26. The molecule has 5 nitrogen and oxygen atoms in total. The second-order valence-electron chi connectivity index (χ2n) is 7.39. The van der Waals surface area contributed by atoms with Crippen LogP contribution in [-0.2, 0) is 6.54 Å². The molecule has 1 aromatic heterocycles. The highest BCUT2D eigenvalue weighted by molar-refractivity contribution is 5.89. The maximum absolute atomic E-state index is 13.3. The zero-order chi connectivity index (χ0) is 20.0. The standard InChI is InChI=1S/C22H33NO4/c1-7-8-9-10-13-23-19-14-17(25-6)11-12-18(19)20(26-15(2)3)21(22(23)24)27-16(4)5/h11-12,14-16H,7-10,13H2,1-6H3. The van der Waals surface area contributed by atoms with Gasteiger partial charge in [-0.3, -0.25) is 4.79 Å². The lowest BCUT2D eigenvalue weighted by Gasteiger charge is -2.21. The molecule has 0 aliphatic carbocycles. The third kappa shape index (κ3) is 5.18. The summed E-state index contributed by atoms with van der Waals surface area (Å²) in [5.74, 6) is 1.54. The molecule has 0 N–H and O–H groups in total. The number of unbranched alkanes of at least 4 members (excludes halogenated alkanes) is 3. The number of ether oxygens (including phenoxy) is 3. The molecular weight excluding hydrogens is 342 g/mol. The van der Waals surface area contributed by atoms with E-state index in [9.17, 15) is 4.79 Å². The molecule has 0 spiro atoms. The zero-order valence-electron chi connectivity index (χ0n) is 17.5. The minimum absolute atomic E-state index is 0.0652. The van der Waals surface area contributed by atoms with Crippen LogP contribution in [0.2, 0.25) is 0 Å². The molecule has 0 aliphatic rings. The first-order chi connectivity index (χ1) is 12.9. The fourth-order valence-corrected chi connectivity index (χ4v) is 3.12. The molecule has 0 fully saturated rings. The van der Waals surface area contributed by atoms with E-state index in [1.54, 1.807) is 11.7 Å². The van der Waals surface area contributed by atoms with Gasteiger partial charge in [0, 0.05) is 18.0 Å². The molecule has 0 unspecified atom stereocenters. The van der Waals surface area contributed by atoms with E-state index in [1.165, 1.54) is 6.42 Å². The third-order valence-electron chi connectivity index (χ3n) is 4.33. The van der Waals surface area contributed by atoms with Crippen LogP contribution in [0.15, 0.2) is 23.0 Å². The molecule has 27 heavy (non-hydrogen) atoms. The van der Waals surface area contributed by atoms with Crippen molar-refractivity contribution in [2.45, 2.75) is 79.1 Å². The van der Waals surface area contributed by atoms with Gasteiger partial charge in [0.1, 0.15) is 5.75 Å². The summed E-state index contributed by atoms with van der Waals surface area (Å²) >= 11 is 0. The van der Waals surface area contributed by atoms with Crippen molar-refractivity contribution >= 4 is 10.9 Å². The van der Waals surface area contributed by atoms with Crippen LogP contribution < -0.4 is 19.8 Å². The highest BCUT2D eigenvalue weighted by Crippen LogP contribution is 2.36. The molecule has 0 saturated heterocycles. The monoisotopic (exact) mass is 375 g/mol. The summed E-state index contributed by atoms with van der Waals surface area (Å²) in [5, 5.41) is 0.871. The van der Waals surface area contributed by atoms with E-state index >= 15 is 0 Å². The average Bonchev–Trinajstić information content (AvgIpc) is 2.62. The number of rotatable bonds is 10. The molecule has 5 heteroatoms. The molecule has 0 aliphatic heterocycles. The summed E-state index contributed by atoms with van der Waals surface area (Å²) in [5.41, 5.74) is 0.680. The molecule has 1 heterocycles. The molecule has 0 amide bonds. The predicted molar refractivity (Wildman–Crippen MR) is 110 cm³/mol. The van der Waals surface area contributed by atoms with Crippen LogP contribution in [0, 0.1) is 0 Å². The molecule has 0 saturated carbocycles. The van der Waals surface area contributed by atoms with Crippen molar-refractivity contribution < 1.29 is 14.2 Å². The molecule has 2 aromatic rings. The topological polar surface area (TPSA) is 49.7 Å². The Balaban J connectivity index is 2.68. The van der Waals surface area contributed by atoms with Crippen molar-refractivity contribution in [1.82, 2.24) is 4.57 Å². The van der Waals surface area contributed by atoms with Gasteiger partial charge in [-0.25, -0.2) is 0 Å². The van der Waals surface area contributed by atoms with Gasteiger partial charge in [0.15, 0.2) is 5.75 Å². The van der Waals surface area contributed by atoms with Crippen molar-refractivity contribution in [3.8, 4) is 17.2 Å². The first-order valence-electron chi connectivity index (χ1n) is 9.96. The number of nitrogens with zero attached hydrogens (tertiary/aromatic N) is 1. The van der Waals surface area contributed by atoms with Crippen molar-refractivity contribution in [1.29, 1.82) is 0 Å². The van der Waals surface area contributed by atoms with Gasteiger partial charge in [-0.1, -0.05) is 26.2 Å². The lowest BCUT2D eigenvalue weighted by atomic mass is 10.1. The van der Waals surface area contributed by atoms with Crippen molar-refractivity contribution in [3.05, 3.63) is 28.6 Å². The summed E-state index contributed by atoms with van der Waals surface area (Å²) in [6.07, 6.45) is 4.19. The van der Waals surface area contributed by atoms with E-state index < -0.39 is 0 Å². The largest absolute Gasteiger partial charge is 0.497 e. The van der Waals surface area contributed by atoms with Gasteiger partial charge >= 0.3 is 0 Å². The zero-order valence-corrected chi connectivity index (χ0v) is 17.5. The molecule has 0 atom stereocenters. The van der Waals surface area contributed by atoms with Crippen LogP contribution >= 0.6 is 0 Å². The number of aryl methyl sites for hydroxylation is 1. The Hall–Kier alpha value is -2.17. The van der Waals surface area contributed by atoms with Crippen LogP contribution in [0.5, 0.6) is 17.2 Å². The third-order valence-corrected chi connectivity index (χ3v) is 4.33. The molecular formula is C22H33NO4. The van der Waals surface area contributed by atoms with Crippen LogP contribution in [0.1, 0.15) is 60.3 Å². The highest BCUT2D eigenvalue weighted by Gasteiger charge is 2.21. The summed E-state index contributed by atoms with van der Waals surface area (Å²) in [6, 6.07) is 5.74. The Kier molecular flexibility index (Phi) is 7.57. The normalized spacial score (nSPS) is 11.4. The number of fused-ring (bicyclic) bond motifs is 1. The summed E-state index contributed by atoms with van der Waals surface area (Å²) in [6.45, 7) is 10.6. The van der Waals surface area contributed by atoms with Crippen molar-refractivity contribution in [2.24, 2.45) is 0 Å². The van der Waals surface area contributed by atoms with E-state index in [4.69, 9.17) is 14.2 Å². The average molecular weight is 376 g/mol. The fourth-order valence-electron chi connectivity index (χ4n) is 3.12. The van der Waals surface area contributed by atoms with Gasteiger partial charge in [0.2, 0.25) is 5.75 Å². The minimum Gasteiger partial charge on any atom is -0.497 e. The lowest BCUT2D eigenvalue weighted by molar-refractivity contribution is 0.197. The van der Waals surface area contributed by atoms with Crippen molar-refractivity contribution in [3.63, 3.8) is 0 Å². The number of pyridine rings is 1. The Bertz CT molecular complexity index is 808. The van der Waals surface area contributed by atoms with Crippen LogP contribution in [0.3, 0.4) is 0 Å². The van der Waals surface area contributed by atoms with Gasteiger partial charge in [0.05, 0.1) is 24.8 Å². The number of hydrogen-bond donors (Lipinski definition) is 0. The van der Waals surface area contributed by atoms with E-state index in [1.807, 2.05) is 45.9 Å². The van der Waals surface area contributed by atoms with Gasteiger partial charge in [-0.2, -0.15) is 0 Å². The maximum Gasteiger partial charge on any atom is 0.297 e. The fraction of sp³-hybridized carbons (Fsp3) is 0.591. The van der Waals surface area contributed by atoms with E-state index in [0.717, 1.165) is 35.9 Å². The van der Waals surface area contributed by atoms with E-state index in [2.05, 4.69) is 6.92 Å². The number of methoxy groups -OCH3 is 1. The van der Waals surface area contributed by atoms with Crippen LogP contribution in [0.4, 0.5) is 0 Å². The first-order valence-corrected chi connectivity index (χ1v) is 9.96. The molecule has 1 aromatic carbocycles. The molecule has 2 rings (SSSR count). The molecule has 150 valence electrons. The second kappa shape index (κ2) is 9.67. The summed E-state index contributed by atoms with van der Waals surface area (Å²) in [7, 11) is 1.63.